The molecular weight excluding hydrogens is 355 g/mol. The Morgan fingerprint density at radius 1 is 0.958 bits per heavy atom. The first-order valence-electron chi connectivity index (χ1n) is 6.72. The molecule has 2 aromatic carbocycles. The predicted octanol–water partition coefficient (Wildman–Crippen LogP) is 4.13. The Hall–Kier alpha value is -2.50. The summed E-state index contributed by atoms with van der Waals surface area (Å²) in [5.74, 6) is -2.50. The van der Waals surface area contributed by atoms with Crippen molar-refractivity contribution in [2.24, 2.45) is 0 Å². The molecule has 0 saturated heterocycles. The number of carbonyl (C=O) groups is 2. The van der Waals surface area contributed by atoms with Crippen LogP contribution in [0.1, 0.15) is 11.1 Å². The van der Waals surface area contributed by atoms with Crippen LogP contribution in [0.4, 0.5) is 0 Å². The van der Waals surface area contributed by atoms with Crippen molar-refractivity contribution in [1.82, 2.24) is 0 Å². The second-order valence-corrected chi connectivity index (χ2v) is 5.54. The molecule has 2 N–H and O–H groups in total. The van der Waals surface area contributed by atoms with Crippen molar-refractivity contribution in [3.05, 3.63) is 69.2 Å². The van der Waals surface area contributed by atoms with E-state index in [1.165, 1.54) is 0 Å². The zero-order valence-corrected chi connectivity index (χ0v) is 13.7. The predicted molar refractivity (Wildman–Crippen MR) is 90.5 cm³/mol. The largest absolute Gasteiger partial charge is 0.489 e. The number of carboxylic acid groups (broad SMARTS) is 2. The Morgan fingerprint density at radius 3 is 2.00 bits per heavy atom. The SMILES string of the molecule is O=C(O)C(=Cc1ccc(OCc2c(Cl)cccc2Cl)cc1)C(=O)O. The third-order valence-electron chi connectivity index (χ3n) is 3.10. The highest BCUT2D eigenvalue weighted by atomic mass is 35.5. The zero-order valence-electron chi connectivity index (χ0n) is 12.2. The highest BCUT2D eigenvalue weighted by Gasteiger charge is 2.15. The third-order valence-corrected chi connectivity index (χ3v) is 3.81. The number of ether oxygens (including phenoxy) is 1. The maximum absolute atomic E-state index is 10.8. The van der Waals surface area contributed by atoms with Gasteiger partial charge in [0.15, 0.2) is 0 Å². The van der Waals surface area contributed by atoms with Crippen LogP contribution in [-0.4, -0.2) is 22.2 Å². The second kappa shape index (κ2) is 7.86. The molecule has 0 aliphatic carbocycles. The van der Waals surface area contributed by atoms with E-state index in [4.69, 9.17) is 38.2 Å². The lowest BCUT2D eigenvalue weighted by Gasteiger charge is -2.09. The first-order chi connectivity index (χ1) is 11.4. The van der Waals surface area contributed by atoms with Crippen LogP contribution in [0.25, 0.3) is 6.08 Å². The number of rotatable bonds is 6. The van der Waals surface area contributed by atoms with Crippen LogP contribution in [0.2, 0.25) is 10.0 Å². The number of carboxylic acids is 2. The van der Waals surface area contributed by atoms with Crippen LogP contribution in [0.3, 0.4) is 0 Å². The van der Waals surface area contributed by atoms with E-state index in [1.54, 1.807) is 42.5 Å². The lowest BCUT2D eigenvalue weighted by Crippen LogP contribution is -2.10. The summed E-state index contributed by atoms with van der Waals surface area (Å²) in [4.78, 5) is 21.7. The van der Waals surface area contributed by atoms with E-state index in [9.17, 15) is 9.59 Å². The average molecular weight is 367 g/mol. The lowest BCUT2D eigenvalue weighted by molar-refractivity contribution is -0.140. The number of hydrogen-bond donors (Lipinski definition) is 2. The summed E-state index contributed by atoms with van der Waals surface area (Å²) < 4.78 is 5.59. The number of halogens is 2. The number of aliphatic carboxylic acids is 2. The van der Waals surface area contributed by atoms with Crippen molar-refractivity contribution < 1.29 is 24.5 Å². The van der Waals surface area contributed by atoms with E-state index in [0.29, 0.717) is 26.9 Å². The summed E-state index contributed by atoms with van der Waals surface area (Å²) >= 11 is 12.1. The summed E-state index contributed by atoms with van der Waals surface area (Å²) in [5.41, 5.74) is 0.369. The minimum Gasteiger partial charge on any atom is -0.489 e. The van der Waals surface area contributed by atoms with Crippen LogP contribution in [0.15, 0.2) is 48.0 Å². The Labute approximate surface area is 147 Å². The van der Waals surface area contributed by atoms with Gasteiger partial charge in [0.25, 0.3) is 0 Å². The Balaban J connectivity index is 2.11. The smallest absolute Gasteiger partial charge is 0.343 e. The van der Waals surface area contributed by atoms with Gasteiger partial charge in [0, 0.05) is 15.6 Å². The number of hydrogen-bond acceptors (Lipinski definition) is 3. The first-order valence-corrected chi connectivity index (χ1v) is 7.48. The molecule has 0 aliphatic heterocycles. The van der Waals surface area contributed by atoms with Gasteiger partial charge < -0.3 is 14.9 Å². The van der Waals surface area contributed by atoms with Gasteiger partial charge >= 0.3 is 11.9 Å². The van der Waals surface area contributed by atoms with Crippen LogP contribution < -0.4 is 4.74 Å². The molecule has 2 rings (SSSR count). The molecule has 124 valence electrons. The van der Waals surface area contributed by atoms with Crippen molar-refractivity contribution in [2.75, 3.05) is 0 Å². The average Bonchev–Trinajstić information content (AvgIpc) is 2.52. The monoisotopic (exact) mass is 366 g/mol. The molecular formula is C17H12Cl2O5. The maximum atomic E-state index is 10.8. The standard InChI is InChI=1S/C17H12Cl2O5/c18-14-2-1-3-15(19)13(14)9-24-11-6-4-10(5-7-11)8-12(16(20)21)17(22)23/h1-8H,9H2,(H,20,21)(H,22,23). The highest BCUT2D eigenvalue weighted by Crippen LogP contribution is 2.26. The van der Waals surface area contributed by atoms with Crippen LogP contribution >= 0.6 is 23.2 Å². The third kappa shape index (κ3) is 4.50. The summed E-state index contributed by atoms with van der Waals surface area (Å²) in [6.07, 6.45) is 1.07. The summed E-state index contributed by atoms with van der Waals surface area (Å²) in [6.45, 7) is 0.170. The molecule has 24 heavy (non-hydrogen) atoms. The van der Waals surface area contributed by atoms with Gasteiger partial charge in [-0.25, -0.2) is 9.59 Å². The Kier molecular flexibility index (Phi) is 5.84. The van der Waals surface area contributed by atoms with Crippen LogP contribution in [0, 0.1) is 0 Å². The molecule has 2 aromatic rings. The fourth-order valence-corrected chi connectivity index (χ4v) is 2.37. The fourth-order valence-electron chi connectivity index (χ4n) is 1.87. The summed E-state index contributed by atoms with van der Waals surface area (Å²) in [6, 6.07) is 11.4. The first kappa shape index (κ1) is 17.8. The minimum absolute atomic E-state index is 0.170. The topological polar surface area (TPSA) is 83.8 Å². The normalized spacial score (nSPS) is 10.1. The fraction of sp³-hybridized carbons (Fsp3) is 0.0588. The highest BCUT2D eigenvalue weighted by molar-refractivity contribution is 6.35. The van der Waals surface area contributed by atoms with Crippen molar-refractivity contribution >= 4 is 41.2 Å². The van der Waals surface area contributed by atoms with Crippen LogP contribution in [0.5, 0.6) is 5.75 Å². The molecule has 0 unspecified atom stereocenters. The number of benzene rings is 2. The molecule has 0 aromatic heterocycles. The van der Waals surface area contributed by atoms with E-state index < -0.39 is 17.5 Å². The molecule has 0 saturated carbocycles. The molecule has 0 amide bonds. The van der Waals surface area contributed by atoms with Gasteiger partial charge in [-0.1, -0.05) is 41.4 Å². The summed E-state index contributed by atoms with van der Waals surface area (Å²) in [7, 11) is 0. The van der Waals surface area contributed by atoms with Crippen molar-refractivity contribution in [1.29, 1.82) is 0 Å². The molecule has 0 spiro atoms. The van der Waals surface area contributed by atoms with Gasteiger partial charge in [-0.3, -0.25) is 0 Å². The van der Waals surface area contributed by atoms with Crippen molar-refractivity contribution in [3.63, 3.8) is 0 Å². The quantitative estimate of drug-likeness (QED) is 0.456. The van der Waals surface area contributed by atoms with E-state index in [2.05, 4.69) is 0 Å². The molecule has 0 aliphatic rings. The lowest BCUT2D eigenvalue weighted by atomic mass is 10.1. The molecule has 0 fully saturated rings. The van der Waals surface area contributed by atoms with Gasteiger partial charge in [-0.05, 0) is 35.9 Å². The molecule has 0 atom stereocenters. The van der Waals surface area contributed by atoms with Gasteiger partial charge in [0.2, 0.25) is 0 Å². The zero-order chi connectivity index (χ0) is 17.7. The van der Waals surface area contributed by atoms with Gasteiger partial charge in [-0.2, -0.15) is 0 Å². The molecule has 0 bridgehead atoms. The van der Waals surface area contributed by atoms with Gasteiger partial charge in [-0.15, -0.1) is 0 Å². The summed E-state index contributed by atoms with van der Waals surface area (Å²) in [5, 5.41) is 18.6. The molecule has 5 nitrogen and oxygen atoms in total. The van der Waals surface area contributed by atoms with Crippen molar-refractivity contribution in [3.8, 4) is 5.75 Å². The van der Waals surface area contributed by atoms with Crippen LogP contribution in [-0.2, 0) is 16.2 Å². The van der Waals surface area contributed by atoms with E-state index >= 15 is 0 Å². The van der Waals surface area contributed by atoms with Gasteiger partial charge in [0.1, 0.15) is 17.9 Å². The Morgan fingerprint density at radius 2 is 1.50 bits per heavy atom. The molecule has 0 heterocycles. The van der Waals surface area contributed by atoms with E-state index in [0.717, 1.165) is 6.08 Å². The maximum Gasteiger partial charge on any atom is 0.343 e. The van der Waals surface area contributed by atoms with E-state index in [1.807, 2.05) is 0 Å². The Bertz CT molecular complexity index is 761. The molecule has 0 radical (unpaired) electrons. The molecule has 7 heteroatoms. The van der Waals surface area contributed by atoms with Gasteiger partial charge in [0.05, 0.1) is 0 Å². The van der Waals surface area contributed by atoms with E-state index in [-0.39, 0.29) is 6.61 Å². The minimum atomic E-state index is -1.50. The van der Waals surface area contributed by atoms with Crippen molar-refractivity contribution in [2.45, 2.75) is 6.61 Å². The second-order valence-electron chi connectivity index (χ2n) is 4.73.